The van der Waals surface area contributed by atoms with E-state index in [2.05, 4.69) is 33.4 Å². The van der Waals surface area contributed by atoms with Gasteiger partial charge in [-0.2, -0.15) is 22.7 Å². The third-order valence-electron chi connectivity index (χ3n) is 4.67. The molecule has 0 spiro atoms. The van der Waals surface area contributed by atoms with Crippen molar-refractivity contribution >= 4 is 11.5 Å². The first-order valence-corrected chi connectivity index (χ1v) is 9.92. The van der Waals surface area contributed by atoms with Gasteiger partial charge in [0, 0.05) is 17.7 Å². The van der Waals surface area contributed by atoms with Crippen molar-refractivity contribution < 1.29 is 13.2 Å². The summed E-state index contributed by atoms with van der Waals surface area (Å²) in [5.41, 5.74) is 0.717. The van der Waals surface area contributed by atoms with Gasteiger partial charge < -0.3 is 5.32 Å². The molecule has 0 saturated carbocycles. The Kier molecular flexibility index (Phi) is 6.62. The lowest BCUT2D eigenvalue weighted by molar-refractivity contribution is -0.137. The fourth-order valence-electron chi connectivity index (χ4n) is 3.01. The van der Waals surface area contributed by atoms with Crippen molar-refractivity contribution in [1.82, 2.24) is 19.6 Å². The number of alkyl halides is 3. The van der Waals surface area contributed by atoms with E-state index in [0.29, 0.717) is 11.5 Å². The van der Waals surface area contributed by atoms with Crippen LogP contribution in [0.25, 0.3) is 5.78 Å². The Morgan fingerprint density at radius 3 is 2.77 bits per heavy atom. The summed E-state index contributed by atoms with van der Waals surface area (Å²) in [6.07, 6.45) is 2.63. The third-order valence-corrected chi connectivity index (χ3v) is 4.67. The summed E-state index contributed by atoms with van der Waals surface area (Å²) in [4.78, 5) is 21.2. The molecule has 2 N–H and O–H groups in total. The molecule has 0 aliphatic carbocycles. The molecule has 6 nitrogen and oxygen atoms in total. The maximum absolute atomic E-state index is 12.9. The highest BCUT2D eigenvalue weighted by atomic mass is 19.4. The number of benzene rings is 1. The van der Waals surface area contributed by atoms with Crippen molar-refractivity contribution in [3.8, 4) is 0 Å². The van der Waals surface area contributed by atoms with Gasteiger partial charge in [0.2, 0.25) is 0 Å². The number of nitrogens with one attached hydrogen (secondary N) is 2. The smallest absolute Gasteiger partial charge is 0.379 e. The SMILES string of the molecule is CC/C=C(C)\C=C/C(C)c1nc2nc(CNc3cccc(C(F)(F)F)c3)cc(=O)n2[nH]1. The molecule has 1 unspecified atom stereocenters. The monoisotopic (exact) mass is 431 g/mol. The average molecular weight is 431 g/mol. The molecule has 0 fully saturated rings. The highest BCUT2D eigenvalue weighted by Gasteiger charge is 2.30. The molecule has 0 bridgehead atoms. The molecule has 0 radical (unpaired) electrons. The minimum atomic E-state index is -4.42. The molecule has 1 aromatic carbocycles. The molecule has 3 rings (SSSR count). The number of aromatic amines is 1. The standard InChI is InChI=1S/C22H24F3N5O/c1-4-6-14(2)9-10-15(3)20-28-21-27-18(12-19(31)30(21)29-20)13-26-17-8-5-7-16(11-17)22(23,24)25/h5-12,15,26H,4,13H2,1-3H3,(H,27,28,29)/b10-9-,14-6-. The summed E-state index contributed by atoms with van der Waals surface area (Å²) in [5.74, 6) is 0.741. The molecule has 0 aliphatic heterocycles. The number of aromatic nitrogens is 4. The van der Waals surface area contributed by atoms with Crippen molar-refractivity contribution in [3.63, 3.8) is 0 Å². The quantitative estimate of drug-likeness (QED) is 0.513. The van der Waals surface area contributed by atoms with Crippen LogP contribution in [0.2, 0.25) is 0 Å². The van der Waals surface area contributed by atoms with E-state index in [1.807, 2.05) is 26.0 Å². The van der Waals surface area contributed by atoms with Gasteiger partial charge in [-0.05, 0) is 31.5 Å². The molecule has 0 amide bonds. The van der Waals surface area contributed by atoms with Gasteiger partial charge >= 0.3 is 6.18 Å². The Balaban J connectivity index is 1.78. The molecule has 2 aromatic heterocycles. The zero-order valence-corrected chi connectivity index (χ0v) is 17.5. The highest BCUT2D eigenvalue weighted by molar-refractivity contribution is 5.47. The van der Waals surface area contributed by atoms with Crippen LogP contribution < -0.4 is 10.9 Å². The lowest BCUT2D eigenvalue weighted by Gasteiger charge is -2.10. The first-order valence-electron chi connectivity index (χ1n) is 9.92. The van der Waals surface area contributed by atoms with Gasteiger partial charge in [-0.15, -0.1) is 0 Å². The zero-order valence-electron chi connectivity index (χ0n) is 17.5. The van der Waals surface area contributed by atoms with E-state index in [0.717, 1.165) is 24.1 Å². The summed E-state index contributed by atoms with van der Waals surface area (Å²) in [7, 11) is 0. The van der Waals surface area contributed by atoms with Crippen LogP contribution in [0.1, 0.15) is 50.2 Å². The molecule has 0 saturated heterocycles. The van der Waals surface area contributed by atoms with Gasteiger partial charge in [-0.25, -0.2) is 4.98 Å². The summed E-state index contributed by atoms with van der Waals surface area (Å²) in [5, 5.41) is 5.83. The van der Waals surface area contributed by atoms with E-state index in [9.17, 15) is 18.0 Å². The second kappa shape index (κ2) is 9.20. The normalized spacial score (nSPS) is 13.8. The van der Waals surface area contributed by atoms with Gasteiger partial charge in [-0.3, -0.25) is 9.89 Å². The predicted molar refractivity (Wildman–Crippen MR) is 114 cm³/mol. The summed E-state index contributed by atoms with van der Waals surface area (Å²) >= 11 is 0. The van der Waals surface area contributed by atoms with E-state index in [4.69, 9.17) is 0 Å². The van der Waals surface area contributed by atoms with E-state index in [1.54, 1.807) is 0 Å². The summed E-state index contributed by atoms with van der Waals surface area (Å²) < 4.78 is 39.8. The maximum atomic E-state index is 12.9. The summed E-state index contributed by atoms with van der Waals surface area (Å²) in [6, 6.07) is 6.19. The van der Waals surface area contributed by atoms with Crippen LogP contribution in [0, 0.1) is 0 Å². The van der Waals surface area contributed by atoms with Crippen LogP contribution in [-0.2, 0) is 12.7 Å². The molecule has 2 heterocycles. The number of nitrogens with zero attached hydrogens (tertiary/aromatic N) is 3. The van der Waals surface area contributed by atoms with Crippen LogP contribution in [-0.4, -0.2) is 19.6 Å². The zero-order chi connectivity index (χ0) is 22.6. The number of allylic oxidation sites excluding steroid dienone is 4. The van der Waals surface area contributed by atoms with E-state index < -0.39 is 11.7 Å². The minimum absolute atomic E-state index is 0.0620. The average Bonchev–Trinajstić information content (AvgIpc) is 3.15. The molecular weight excluding hydrogens is 407 g/mol. The Morgan fingerprint density at radius 2 is 2.06 bits per heavy atom. The van der Waals surface area contributed by atoms with Crippen molar-refractivity contribution in [2.24, 2.45) is 0 Å². The van der Waals surface area contributed by atoms with Crippen molar-refractivity contribution in [1.29, 1.82) is 0 Å². The summed E-state index contributed by atoms with van der Waals surface area (Å²) in [6.45, 7) is 6.12. The van der Waals surface area contributed by atoms with Gasteiger partial charge in [-0.1, -0.05) is 43.7 Å². The molecule has 1 atom stereocenters. The molecule has 164 valence electrons. The number of fused-ring (bicyclic) bond motifs is 1. The number of H-pyrrole nitrogens is 1. The molecule has 3 aromatic rings. The third kappa shape index (κ3) is 5.62. The van der Waals surface area contributed by atoms with Crippen molar-refractivity contribution in [2.75, 3.05) is 5.32 Å². The van der Waals surface area contributed by atoms with Gasteiger partial charge in [0.15, 0.2) is 0 Å². The van der Waals surface area contributed by atoms with Crippen molar-refractivity contribution in [2.45, 2.75) is 45.8 Å². The van der Waals surface area contributed by atoms with E-state index in [-0.39, 0.29) is 29.5 Å². The molecule has 9 heteroatoms. The largest absolute Gasteiger partial charge is 0.416 e. The first-order chi connectivity index (χ1) is 14.7. The number of hydrogen-bond acceptors (Lipinski definition) is 4. The molecule has 0 aliphatic rings. The van der Waals surface area contributed by atoms with Crippen molar-refractivity contribution in [3.05, 3.63) is 81.6 Å². The minimum Gasteiger partial charge on any atom is -0.379 e. The number of hydrogen-bond donors (Lipinski definition) is 2. The maximum Gasteiger partial charge on any atom is 0.416 e. The number of anilines is 1. The van der Waals surface area contributed by atoms with Crippen LogP contribution >= 0.6 is 0 Å². The van der Waals surface area contributed by atoms with Crippen LogP contribution in [0.3, 0.4) is 0 Å². The Morgan fingerprint density at radius 1 is 1.29 bits per heavy atom. The first kappa shape index (κ1) is 22.3. The second-order valence-electron chi connectivity index (χ2n) is 7.27. The Hall–Kier alpha value is -3.36. The van der Waals surface area contributed by atoms with E-state index in [1.165, 1.54) is 22.7 Å². The van der Waals surface area contributed by atoms with Gasteiger partial charge in [0.1, 0.15) is 5.82 Å². The van der Waals surface area contributed by atoms with E-state index >= 15 is 0 Å². The highest BCUT2D eigenvalue weighted by Crippen LogP contribution is 2.30. The topological polar surface area (TPSA) is 75.1 Å². The fraction of sp³-hybridized carbons (Fsp3) is 0.318. The Labute approximate surface area is 177 Å². The molecule has 31 heavy (non-hydrogen) atoms. The molecular formula is C22H24F3N5O. The Bertz CT molecular complexity index is 1170. The second-order valence-corrected chi connectivity index (χ2v) is 7.27. The number of halogens is 3. The predicted octanol–water partition coefficient (Wildman–Crippen LogP) is 5.06. The lowest BCUT2D eigenvalue weighted by atomic mass is 10.1. The van der Waals surface area contributed by atoms with Crippen LogP contribution in [0.15, 0.2) is 58.9 Å². The van der Waals surface area contributed by atoms with Crippen LogP contribution in [0.4, 0.5) is 18.9 Å². The van der Waals surface area contributed by atoms with Crippen LogP contribution in [0.5, 0.6) is 0 Å². The number of rotatable bonds is 7. The van der Waals surface area contributed by atoms with Gasteiger partial charge in [0.05, 0.1) is 17.8 Å². The fourth-order valence-corrected chi connectivity index (χ4v) is 3.01. The van der Waals surface area contributed by atoms with Gasteiger partial charge in [0.25, 0.3) is 11.3 Å². The lowest BCUT2D eigenvalue weighted by Crippen LogP contribution is -2.17.